The molecular formula is C28H27BrClN5O3. The molecule has 3 amide bonds. The maximum absolute atomic E-state index is 14.1. The summed E-state index contributed by atoms with van der Waals surface area (Å²) >= 11 is 9.83. The lowest BCUT2D eigenvalue weighted by Gasteiger charge is -2.32. The van der Waals surface area contributed by atoms with Crippen LogP contribution in [0, 0.1) is 12.5 Å². The average Bonchev–Trinajstić information content (AvgIpc) is 3.59. The predicted octanol–water partition coefficient (Wildman–Crippen LogP) is 5.44. The van der Waals surface area contributed by atoms with E-state index < -0.39 is 17.6 Å². The van der Waals surface area contributed by atoms with E-state index in [-0.39, 0.29) is 36.6 Å². The fourth-order valence-corrected chi connectivity index (χ4v) is 6.27. The van der Waals surface area contributed by atoms with Gasteiger partial charge in [-0.05, 0) is 42.2 Å². The zero-order valence-electron chi connectivity index (χ0n) is 21.2. The Hall–Kier alpha value is -3.35. The number of H-pyrrole nitrogens is 1. The monoisotopic (exact) mass is 595 g/mol. The molecule has 0 unspecified atom stereocenters. The Morgan fingerprint density at radius 3 is 2.71 bits per heavy atom. The van der Waals surface area contributed by atoms with E-state index in [9.17, 15) is 14.4 Å². The molecule has 1 aromatic heterocycles. The number of nitrogens with one attached hydrogen (secondary N) is 2. The summed E-state index contributed by atoms with van der Waals surface area (Å²) in [6.45, 7) is 11.9. The van der Waals surface area contributed by atoms with Gasteiger partial charge in [-0.1, -0.05) is 59.6 Å². The molecule has 3 atom stereocenters. The molecule has 1 spiro atoms. The Bertz CT molecular complexity index is 1470. The molecule has 1 fully saturated rings. The predicted molar refractivity (Wildman–Crippen MR) is 150 cm³/mol. The molecule has 38 heavy (non-hydrogen) atoms. The van der Waals surface area contributed by atoms with Crippen molar-refractivity contribution >= 4 is 61.8 Å². The first kappa shape index (κ1) is 26.3. The second-order valence-corrected chi connectivity index (χ2v) is 11.7. The third-order valence-electron chi connectivity index (χ3n) is 7.58. The lowest BCUT2D eigenvalue weighted by Crippen LogP contribution is -2.51. The van der Waals surface area contributed by atoms with Crippen LogP contribution < -0.4 is 5.32 Å². The molecule has 2 aliphatic heterocycles. The number of carbonyl (C=O) groups excluding carboxylic acids is 3. The number of para-hydroxylation sites is 1. The molecule has 10 heteroatoms. The van der Waals surface area contributed by atoms with Crippen molar-refractivity contribution < 1.29 is 14.4 Å². The summed E-state index contributed by atoms with van der Waals surface area (Å²) in [4.78, 5) is 50.6. The summed E-state index contributed by atoms with van der Waals surface area (Å²) in [5.41, 5.74) is 1.48. The van der Waals surface area contributed by atoms with Gasteiger partial charge in [0.2, 0.25) is 5.91 Å². The molecule has 1 saturated heterocycles. The van der Waals surface area contributed by atoms with Crippen LogP contribution >= 0.6 is 27.5 Å². The molecule has 196 valence electrons. The van der Waals surface area contributed by atoms with Crippen molar-refractivity contribution in [2.75, 3.05) is 18.9 Å². The topological polar surface area (TPSA) is 89.9 Å². The summed E-state index contributed by atoms with van der Waals surface area (Å²) in [7, 11) is 1.60. The highest BCUT2D eigenvalue weighted by Crippen LogP contribution is 2.47. The van der Waals surface area contributed by atoms with E-state index in [0.717, 1.165) is 15.4 Å². The van der Waals surface area contributed by atoms with Gasteiger partial charge in [-0.15, -0.1) is 0 Å². The summed E-state index contributed by atoms with van der Waals surface area (Å²) in [5, 5.41) is 4.17. The smallest absolute Gasteiger partial charge is 0.302 e. The number of halogens is 2. The normalized spacial score (nSPS) is 21.0. The highest BCUT2D eigenvalue weighted by molar-refractivity contribution is 9.10. The number of anilines is 1. The van der Waals surface area contributed by atoms with Gasteiger partial charge in [-0.25, -0.2) is 6.57 Å². The molecule has 2 aromatic carbocycles. The first-order chi connectivity index (χ1) is 18.1. The third kappa shape index (κ3) is 4.16. The van der Waals surface area contributed by atoms with Crippen molar-refractivity contribution in [2.45, 2.75) is 44.3 Å². The largest absolute Gasteiger partial charge is 0.349 e. The molecule has 2 N–H and O–H groups in total. The summed E-state index contributed by atoms with van der Waals surface area (Å²) in [6.07, 6.45) is -0.186. The number of rotatable bonds is 5. The molecule has 3 aromatic rings. The number of likely N-dealkylation sites (tertiary alicyclic amines) is 1. The Kier molecular flexibility index (Phi) is 6.74. The number of nitrogens with zero attached hydrogens (tertiary/aromatic N) is 3. The highest BCUT2D eigenvalue weighted by Gasteiger charge is 2.59. The van der Waals surface area contributed by atoms with E-state index >= 15 is 0 Å². The molecular weight excluding hydrogens is 570 g/mol. The van der Waals surface area contributed by atoms with Crippen LogP contribution in [-0.2, 0) is 15.0 Å². The lowest BCUT2D eigenvalue weighted by molar-refractivity contribution is -0.136. The Morgan fingerprint density at radius 2 is 2.03 bits per heavy atom. The van der Waals surface area contributed by atoms with Crippen LogP contribution in [0.4, 0.5) is 5.69 Å². The Morgan fingerprint density at radius 1 is 1.29 bits per heavy atom. The van der Waals surface area contributed by atoms with E-state index in [1.165, 1.54) is 9.80 Å². The van der Waals surface area contributed by atoms with Gasteiger partial charge in [-0.2, -0.15) is 0 Å². The zero-order valence-corrected chi connectivity index (χ0v) is 23.6. The van der Waals surface area contributed by atoms with Gasteiger partial charge in [0.25, 0.3) is 11.8 Å². The van der Waals surface area contributed by atoms with Gasteiger partial charge >= 0.3 is 6.17 Å². The first-order valence-electron chi connectivity index (χ1n) is 12.4. The van der Waals surface area contributed by atoms with E-state index in [0.29, 0.717) is 28.3 Å². The lowest BCUT2D eigenvalue weighted by atomic mass is 9.80. The van der Waals surface area contributed by atoms with Gasteiger partial charge in [0.15, 0.2) is 0 Å². The summed E-state index contributed by atoms with van der Waals surface area (Å²) < 4.78 is 0.794. The number of carbonyl (C=O) groups is 3. The standard InChI is InChI=1S/C28H27BrClN5O3/c1-15(2)11-22(34(4)25(36)21-12-16-18(29)9-10-19(30)24(16)32-21)26(37)35-14-28(13-23(35)31-3)17-7-5-6-8-20(17)33-27(28)38/h5-10,12,15,22-23,32H,11,13-14H2,1-2,4H3,(H,33,38)/t22-,23-,28-/m0/s1. The summed E-state index contributed by atoms with van der Waals surface area (Å²) in [6, 6.07) is 11.9. The SMILES string of the molecule is [C-]#[N+][C@@H]1C[C@@]2(CN1C(=O)[C@H](CC(C)C)N(C)C(=O)c1cc3c(Br)ccc(Cl)c3[nH]1)C(=O)Nc1ccccc12. The molecule has 0 aliphatic carbocycles. The minimum absolute atomic E-state index is 0.0906. The molecule has 2 aliphatic rings. The number of hydrogen-bond acceptors (Lipinski definition) is 3. The van der Waals surface area contributed by atoms with E-state index in [1.54, 1.807) is 19.2 Å². The Labute approximate surface area is 234 Å². The summed E-state index contributed by atoms with van der Waals surface area (Å²) in [5.74, 6) is -0.794. The van der Waals surface area contributed by atoms with Crippen LogP contribution in [0.15, 0.2) is 46.9 Å². The number of aromatic nitrogens is 1. The number of likely N-dealkylation sites (N-methyl/N-ethyl adjacent to an activating group) is 1. The third-order valence-corrected chi connectivity index (χ3v) is 8.58. The van der Waals surface area contributed by atoms with Crippen LogP contribution in [0.2, 0.25) is 5.02 Å². The van der Waals surface area contributed by atoms with Crippen LogP contribution in [0.3, 0.4) is 0 Å². The zero-order chi connectivity index (χ0) is 27.4. The van der Waals surface area contributed by atoms with E-state index in [1.807, 2.05) is 44.2 Å². The quantitative estimate of drug-likeness (QED) is 0.385. The van der Waals surface area contributed by atoms with Gasteiger partial charge in [0.1, 0.15) is 17.2 Å². The fraction of sp³-hybridized carbons (Fsp3) is 0.357. The van der Waals surface area contributed by atoms with Gasteiger partial charge in [0, 0.05) is 29.1 Å². The Balaban J connectivity index is 1.47. The number of benzene rings is 2. The van der Waals surface area contributed by atoms with Crippen molar-refractivity contribution in [2.24, 2.45) is 5.92 Å². The highest BCUT2D eigenvalue weighted by atomic mass is 79.9. The van der Waals surface area contributed by atoms with Crippen LogP contribution in [0.25, 0.3) is 15.7 Å². The van der Waals surface area contributed by atoms with Crippen LogP contribution in [0.5, 0.6) is 0 Å². The van der Waals surface area contributed by atoms with Crippen molar-refractivity contribution in [1.82, 2.24) is 14.8 Å². The number of aromatic amines is 1. The van der Waals surface area contributed by atoms with Crippen LogP contribution in [0.1, 0.15) is 42.7 Å². The average molecular weight is 597 g/mol. The van der Waals surface area contributed by atoms with Gasteiger partial charge in [-0.3, -0.25) is 24.1 Å². The molecule has 0 bridgehead atoms. The van der Waals surface area contributed by atoms with Crippen molar-refractivity contribution in [3.8, 4) is 0 Å². The van der Waals surface area contributed by atoms with E-state index in [2.05, 4.69) is 31.1 Å². The fourth-order valence-electron chi connectivity index (χ4n) is 5.62. The van der Waals surface area contributed by atoms with Crippen molar-refractivity contribution in [1.29, 1.82) is 0 Å². The number of fused-ring (bicyclic) bond motifs is 3. The van der Waals surface area contributed by atoms with Crippen LogP contribution in [-0.4, -0.2) is 58.3 Å². The molecule has 3 heterocycles. The molecule has 0 saturated carbocycles. The first-order valence-corrected chi connectivity index (χ1v) is 13.6. The molecule has 0 radical (unpaired) electrons. The van der Waals surface area contributed by atoms with Crippen molar-refractivity contribution in [3.63, 3.8) is 0 Å². The van der Waals surface area contributed by atoms with E-state index in [4.69, 9.17) is 18.2 Å². The molecule has 5 rings (SSSR count). The second-order valence-electron chi connectivity index (χ2n) is 10.4. The maximum Gasteiger partial charge on any atom is 0.302 e. The van der Waals surface area contributed by atoms with Crippen molar-refractivity contribution in [3.05, 3.63) is 74.6 Å². The molecule has 8 nitrogen and oxygen atoms in total. The number of hydrogen-bond donors (Lipinski definition) is 2. The second kappa shape index (κ2) is 9.75. The van der Waals surface area contributed by atoms with Gasteiger partial charge < -0.3 is 15.2 Å². The van der Waals surface area contributed by atoms with Gasteiger partial charge in [0.05, 0.1) is 17.0 Å². The maximum atomic E-state index is 14.1. The minimum Gasteiger partial charge on any atom is -0.349 e. The number of amides is 3. The minimum atomic E-state index is -0.980.